The molecule has 3 aromatic rings. The van der Waals surface area contributed by atoms with E-state index in [-0.39, 0.29) is 36.7 Å². The van der Waals surface area contributed by atoms with E-state index in [0.29, 0.717) is 27.6 Å². The zero-order valence-electron chi connectivity index (χ0n) is 21.0. The lowest BCUT2D eigenvalue weighted by Gasteiger charge is -2.22. The number of anilines is 2. The van der Waals surface area contributed by atoms with Crippen LogP contribution >= 0.6 is 12.2 Å². The highest BCUT2D eigenvalue weighted by atomic mass is 32.1. The third-order valence-corrected chi connectivity index (χ3v) is 7.02. The number of hydrogen-bond donors (Lipinski definition) is 3. The number of primary amides is 1. The van der Waals surface area contributed by atoms with E-state index >= 15 is 0 Å². The SMILES string of the molecule is C[n+]1noc(NC(=O)c2ccccc2)c1CN1C(=S)N(C2CC2)C(=O)C1CC(=O)Nc1ccc(C(N)=O)cc1. The summed E-state index contributed by atoms with van der Waals surface area (Å²) in [6.07, 6.45) is 1.51. The number of aryl methyl sites for hydroxylation is 1. The Morgan fingerprint density at radius 1 is 1.08 bits per heavy atom. The van der Waals surface area contributed by atoms with Crippen molar-refractivity contribution >= 4 is 52.5 Å². The van der Waals surface area contributed by atoms with E-state index in [1.165, 1.54) is 16.8 Å². The first kappa shape index (κ1) is 26.0. The summed E-state index contributed by atoms with van der Waals surface area (Å²) in [5.41, 5.74) is 6.95. The Labute approximate surface area is 228 Å². The number of nitrogens with two attached hydrogens (primary N) is 1. The van der Waals surface area contributed by atoms with Crippen molar-refractivity contribution in [1.29, 1.82) is 0 Å². The predicted molar refractivity (Wildman–Crippen MR) is 142 cm³/mol. The highest BCUT2D eigenvalue weighted by Gasteiger charge is 2.50. The molecular weight excluding hydrogens is 522 g/mol. The number of carbonyl (C=O) groups is 4. The number of nitrogens with one attached hydrogen (secondary N) is 2. The molecular formula is C26H26N7O5S+. The minimum Gasteiger partial charge on any atom is -0.366 e. The summed E-state index contributed by atoms with van der Waals surface area (Å²) in [6.45, 7) is 0.0729. The zero-order chi connectivity index (χ0) is 27.7. The van der Waals surface area contributed by atoms with Gasteiger partial charge in [0.05, 0.1) is 6.42 Å². The molecule has 0 radical (unpaired) electrons. The maximum absolute atomic E-state index is 13.4. The van der Waals surface area contributed by atoms with Crippen LogP contribution in [0.25, 0.3) is 0 Å². The van der Waals surface area contributed by atoms with Gasteiger partial charge in [0.15, 0.2) is 12.2 Å². The second kappa shape index (κ2) is 10.6. The first-order valence-electron chi connectivity index (χ1n) is 12.3. The van der Waals surface area contributed by atoms with Crippen molar-refractivity contribution in [2.45, 2.75) is 37.9 Å². The molecule has 0 bridgehead atoms. The van der Waals surface area contributed by atoms with Crippen molar-refractivity contribution in [2.75, 3.05) is 10.6 Å². The van der Waals surface area contributed by atoms with Gasteiger partial charge in [0.2, 0.25) is 17.1 Å². The standard InChI is InChI=1S/C26H25N7O5S/c1-31-20(24(38-30-31)29-23(36)16-5-3-2-4-6-16)14-32-19(25(37)33(26(32)39)18-11-12-18)13-21(34)28-17-9-7-15(8-10-17)22(27)35/h2-10,18-19H,11-14H2,1H3,(H3-,27,28,29,30,34,35,36)/p+1. The van der Waals surface area contributed by atoms with Gasteiger partial charge in [-0.05, 0) is 66.1 Å². The number of aromatic nitrogens is 2. The number of thiocarbonyl (C=S) groups is 1. The van der Waals surface area contributed by atoms with Crippen LogP contribution in [0.1, 0.15) is 45.7 Å². The Morgan fingerprint density at radius 3 is 2.41 bits per heavy atom. The van der Waals surface area contributed by atoms with E-state index in [0.717, 1.165) is 12.8 Å². The number of carbonyl (C=O) groups excluding carboxylic acids is 4. The number of amides is 4. The van der Waals surface area contributed by atoms with E-state index in [4.69, 9.17) is 22.5 Å². The Hall–Kier alpha value is -4.65. The van der Waals surface area contributed by atoms with Crippen LogP contribution in [-0.4, -0.2) is 55.9 Å². The number of benzene rings is 2. The Balaban J connectivity index is 1.35. The lowest BCUT2D eigenvalue weighted by atomic mass is 10.1. The second-order valence-electron chi connectivity index (χ2n) is 9.35. The largest absolute Gasteiger partial charge is 0.366 e. The van der Waals surface area contributed by atoms with E-state index in [9.17, 15) is 19.2 Å². The smallest absolute Gasteiger partial charge is 0.307 e. The monoisotopic (exact) mass is 548 g/mol. The van der Waals surface area contributed by atoms with Gasteiger partial charge < -0.3 is 16.0 Å². The van der Waals surface area contributed by atoms with E-state index in [2.05, 4.69) is 15.9 Å². The van der Waals surface area contributed by atoms with Crippen molar-refractivity contribution < 1.29 is 28.4 Å². The molecule has 1 aliphatic carbocycles. The number of nitrogens with zero attached hydrogens (tertiary/aromatic N) is 4. The molecule has 1 unspecified atom stereocenters. The average Bonchev–Trinajstić information content (AvgIpc) is 3.66. The van der Waals surface area contributed by atoms with Crippen LogP contribution in [0.3, 0.4) is 0 Å². The van der Waals surface area contributed by atoms with Crippen LogP contribution in [0.2, 0.25) is 0 Å². The van der Waals surface area contributed by atoms with Gasteiger partial charge in [-0.2, -0.15) is 0 Å². The van der Waals surface area contributed by atoms with Crippen LogP contribution in [0, 0.1) is 0 Å². The normalized spacial score (nSPS) is 16.9. The number of rotatable bonds is 9. The molecule has 39 heavy (non-hydrogen) atoms. The molecule has 2 aliphatic rings. The van der Waals surface area contributed by atoms with E-state index in [1.807, 2.05) is 0 Å². The summed E-state index contributed by atoms with van der Waals surface area (Å²) in [6, 6.07) is 13.9. The zero-order valence-corrected chi connectivity index (χ0v) is 21.8. The van der Waals surface area contributed by atoms with Gasteiger partial charge >= 0.3 is 5.88 Å². The van der Waals surface area contributed by atoms with Crippen molar-refractivity contribution in [3.63, 3.8) is 0 Å². The summed E-state index contributed by atoms with van der Waals surface area (Å²) in [4.78, 5) is 53.7. The third-order valence-electron chi connectivity index (χ3n) is 6.58. The topological polar surface area (TPSA) is 155 Å². The predicted octanol–water partition coefficient (Wildman–Crippen LogP) is 1.34. The molecule has 5 rings (SSSR count). The molecule has 1 aliphatic heterocycles. The first-order valence-corrected chi connectivity index (χ1v) is 12.7. The van der Waals surface area contributed by atoms with Gasteiger partial charge in [0, 0.05) is 22.9 Å². The van der Waals surface area contributed by atoms with Crippen LogP contribution in [-0.2, 0) is 23.2 Å². The fourth-order valence-electron chi connectivity index (χ4n) is 4.36. The van der Waals surface area contributed by atoms with Crippen LogP contribution in [0.15, 0.2) is 59.1 Å². The molecule has 4 N–H and O–H groups in total. The maximum Gasteiger partial charge on any atom is 0.307 e. The van der Waals surface area contributed by atoms with Gasteiger partial charge in [0.1, 0.15) is 12.6 Å². The molecule has 2 heterocycles. The second-order valence-corrected chi connectivity index (χ2v) is 9.72. The molecule has 12 nitrogen and oxygen atoms in total. The van der Waals surface area contributed by atoms with E-state index < -0.39 is 17.9 Å². The van der Waals surface area contributed by atoms with Crippen molar-refractivity contribution in [1.82, 2.24) is 15.1 Å². The van der Waals surface area contributed by atoms with Gasteiger partial charge in [-0.25, -0.2) is 0 Å². The highest BCUT2D eigenvalue weighted by Crippen LogP contribution is 2.35. The molecule has 1 atom stereocenters. The summed E-state index contributed by atoms with van der Waals surface area (Å²) in [5.74, 6) is -1.50. The van der Waals surface area contributed by atoms with Crippen LogP contribution < -0.4 is 21.0 Å². The van der Waals surface area contributed by atoms with Gasteiger partial charge in [-0.3, -0.25) is 33.9 Å². The van der Waals surface area contributed by atoms with Crippen LogP contribution in [0.5, 0.6) is 0 Å². The highest BCUT2D eigenvalue weighted by molar-refractivity contribution is 7.80. The Kier molecular flexibility index (Phi) is 7.07. The van der Waals surface area contributed by atoms with Crippen molar-refractivity contribution in [3.05, 3.63) is 71.4 Å². The average molecular weight is 549 g/mol. The van der Waals surface area contributed by atoms with Gasteiger partial charge in [0.25, 0.3) is 17.5 Å². The van der Waals surface area contributed by atoms with Crippen LogP contribution in [0.4, 0.5) is 11.6 Å². The van der Waals surface area contributed by atoms with Gasteiger partial charge in [-0.15, -0.1) is 0 Å². The molecule has 1 aromatic heterocycles. The third kappa shape index (κ3) is 5.48. The minimum absolute atomic E-state index is 0.00961. The number of hydrogen-bond acceptors (Lipinski definition) is 7. The fraction of sp³-hybridized carbons (Fsp3) is 0.269. The van der Waals surface area contributed by atoms with Crippen molar-refractivity contribution in [3.8, 4) is 0 Å². The molecule has 2 fully saturated rings. The lowest BCUT2D eigenvalue weighted by molar-refractivity contribution is -0.746. The Bertz CT molecular complexity index is 1450. The molecule has 2 aromatic carbocycles. The molecule has 4 amide bonds. The van der Waals surface area contributed by atoms with Gasteiger partial charge in [-0.1, -0.05) is 18.2 Å². The summed E-state index contributed by atoms with van der Waals surface area (Å²) >= 11 is 5.69. The first-order chi connectivity index (χ1) is 18.7. The molecule has 1 saturated heterocycles. The molecule has 200 valence electrons. The summed E-state index contributed by atoms with van der Waals surface area (Å²) < 4.78 is 6.82. The lowest BCUT2D eigenvalue weighted by Crippen LogP contribution is -2.43. The maximum atomic E-state index is 13.4. The molecule has 0 spiro atoms. The van der Waals surface area contributed by atoms with E-state index in [1.54, 1.807) is 59.3 Å². The summed E-state index contributed by atoms with van der Waals surface area (Å²) in [5, 5.41) is 9.71. The Morgan fingerprint density at radius 2 is 1.77 bits per heavy atom. The quantitative estimate of drug-likeness (QED) is 0.267. The molecule has 1 saturated carbocycles. The molecule has 13 heteroatoms. The summed E-state index contributed by atoms with van der Waals surface area (Å²) in [7, 11) is 1.65. The minimum atomic E-state index is -0.865. The van der Waals surface area contributed by atoms with Crippen molar-refractivity contribution in [2.24, 2.45) is 12.8 Å². The fourth-order valence-corrected chi connectivity index (χ4v) is 4.79.